The molecule has 1 N–H and O–H groups in total. The lowest BCUT2D eigenvalue weighted by Crippen LogP contribution is -2.45. The Hall–Kier alpha value is -3.79. The largest absolute Gasteiger partial charge is 0.351 e. The monoisotopic (exact) mass is 473 g/mol. The number of rotatable bonds is 4. The van der Waals surface area contributed by atoms with Crippen LogP contribution in [-0.4, -0.2) is 69.4 Å². The molecule has 35 heavy (non-hydrogen) atoms. The highest BCUT2D eigenvalue weighted by Crippen LogP contribution is 2.32. The number of hydrogen-bond donors (Lipinski definition) is 1. The Bertz CT molecular complexity index is 1380. The lowest BCUT2D eigenvalue weighted by molar-refractivity contribution is 0.311. The second-order valence-electron chi connectivity index (χ2n) is 9.27. The molecule has 5 heterocycles. The molecular weight excluding hydrogens is 445 g/mol. The van der Waals surface area contributed by atoms with Crippen LogP contribution >= 0.6 is 0 Å². The molecule has 180 valence electrons. The summed E-state index contributed by atoms with van der Waals surface area (Å²) in [4.78, 5) is 21.3. The van der Waals surface area contributed by atoms with Gasteiger partial charge in [0.15, 0.2) is 0 Å². The summed E-state index contributed by atoms with van der Waals surface area (Å²) in [6, 6.07) is 8.83. The van der Waals surface area contributed by atoms with Crippen molar-refractivity contribution in [2.45, 2.75) is 13.0 Å². The first-order chi connectivity index (χ1) is 17.0. The van der Waals surface area contributed by atoms with Gasteiger partial charge in [-0.25, -0.2) is 9.37 Å². The van der Waals surface area contributed by atoms with E-state index < -0.39 is 0 Å². The fourth-order valence-corrected chi connectivity index (χ4v) is 4.78. The first-order valence-electron chi connectivity index (χ1n) is 11.9. The van der Waals surface area contributed by atoms with Gasteiger partial charge in [0, 0.05) is 69.9 Å². The number of nitrogens with one attached hydrogen (secondary N) is 1. The first kappa shape index (κ1) is 21.7. The molecular formula is C25H28FN9. The van der Waals surface area contributed by atoms with Gasteiger partial charge in [-0.15, -0.1) is 0 Å². The Kier molecular flexibility index (Phi) is 5.44. The van der Waals surface area contributed by atoms with E-state index >= 15 is 0 Å². The number of halogens is 1. The molecule has 4 aromatic rings. The molecule has 1 fully saturated rings. The number of aromatic nitrogens is 5. The number of nitrogens with zero attached hydrogens (tertiary/aromatic N) is 8. The van der Waals surface area contributed by atoms with Crippen molar-refractivity contribution in [1.29, 1.82) is 0 Å². The SMILES string of the molecule is CN1CCN(c2nc(N3CCc4ncc(Nc5ccnn5C)cc4C3)c3cc(F)ccc3n2)CC1. The van der Waals surface area contributed by atoms with Gasteiger partial charge in [0.1, 0.15) is 17.5 Å². The highest BCUT2D eigenvalue weighted by Gasteiger charge is 2.24. The van der Waals surface area contributed by atoms with Gasteiger partial charge in [0.25, 0.3) is 0 Å². The van der Waals surface area contributed by atoms with Gasteiger partial charge in [-0.3, -0.25) is 9.67 Å². The summed E-state index contributed by atoms with van der Waals surface area (Å²) in [5, 5.41) is 8.34. The van der Waals surface area contributed by atoms with E-state index in [0.717, 1.165) is 78.6 Å². The van der Waals surface area contributed by atoms with E-state index in [9.17, 15) is 4.39 Å². The van der Waals surface area contributed by atoms with Gasteiger partial charge in [-0.05, 0) is 36.9 Å². The number of aryl methyl sites for hydroxylation is 1. The molecule has 6 rings (SSSR count). The fourth-order valence-electron chi connectivity index (χ4n) is 4.78. The van der Waals surface area contributed by atoms with E-state index in [4.69, 9.17) is 15.0 Å². The molecule has 0 saturated carbocycles. The van der Waals surface area contributed by atoms with E-state index in [0.29, 0.717) is 12.5 Å². The van der Waals surface area contributed by atoms with E-state index in [2.05, 4.69) is 38.2 Å². The van der Waals surface area contributed by atoms with Gasteiger partial charge in [0.2, 0.25) is 5.95 Å². The maximum atomic E-state index is 14.3. The Morgan fingerprint density at radius 1 is 0.943 bits per heavy atom. The second-order valence-corrected chi connectivity index (χ2v) is 9.27. The Morgan fingerprint density at radius 2 is 1.80 bits per heavy atom. The summed E-state index contributed by atoms with van der Waals surface area (Å²) in [5.41, 5.74) is 3.89. The minimum absolute atomic E-state index is 0.281. The minimum atomic E-state index is -0.281. The van der Waals surface area contributed by atoms with Crippen LogP contribution in [0.5, 0.6) is 0 Å². The van der Waals surface area contributed by atoms with Gasteiger partial charge in [-0.1, -0.05) is 0 Å². The minimum Gasteiger partial charge on any atom is -0.351 e. The molecule has 0 amide bonds. The second kappa shape index (κ2) is 8.77. The molecule has 0 atom stereocenters. The van der Waals surface area contributed by atoms with Crippen molar-refractivity contribution < 1.29 is 4.39 Å². The molecule has 10 heteroatoms. The van der Waals surface area contributed by atoms with Crippen LogP contribution in [-0.2, 0) is 20.0 Å². The number of pyridine rings is 1. The first-order valence-corrected chi connectivity index (χ1v) is 11.9. The smallest absolute Gasteiger partial charge is 0.227 e. The lowest BCUT2D eigenvalue weighted by atomic mass is 10.0. The van der Waals surface area contributed by atoms with E-state index in [1.54, 1.807) is 23.0 Å². The van der Waals surface area contributed by atoms with Crippen molar-refractivity contribution in [2.24, 2.45) is 7.05 Å². The molecule has 2 aliphatic heterocycles. The molecule has 2 aliphatic rings. The topological polar surface area (TPSA) is 78.2 Å². The summed E-state index contributed by atoms with van der Waals surface area (Å²) in [6.45, 7) is 5.09. The standard InChI is InChI=1S/C25H28FN9/c1-32-9-11-34(12-10-32)25-30-22-4-3-18(26)14-20(22)24(31-25)35-8-6-21-17(16-35)13-19(15-27-21)29-23-5-7-28-33(23)2/h3-5,7,13-15,29H,6,8-12,16H2,1-2H3. The maximum absolute atomic E-state index is 14.3. The van der Waals surface area contributed by atoms with E-state index in [1.165, 1.54) is 6.07 Å². The van der Waals surface area contributed by atoms with Gasteiger partial charge in [-0.2, -0.15) is 10.1 Å². The molecule has 0 unspecified atom stereocenters. The fraction of sp³-hybridized carbons (Fsp3) is 0.360. The average molecular weight is 474 g/mol. The summed E-state index contributed by atoms with van der Waals surface area (Å²) >= 11 is 0. The number of benzene rings is 1. The van der Waals surface area contributed by atoms with E-state index in [-0.39, 0.29) is 5.82 Å². The number of likely N-dealkylation sites (N-methyl/N-ethyl adjacent to an activating group) is 1. The van der Waals surface area contributed by atoms with Gasteiger partial charge < -0.3 is 20.0 Å². The molecule has 0 radical (unpaired) electrons. The van der Waals surface area contributed by atoms with Crippen LogP contribution in [0, 0.1) is 5.82 Å². The third kappa shape index (κ3) is 4.25. The summed E-state index contributed by atoms with van der Waals surface area (Å²) in [5.74, 6) is 2.10. The van der Waals surface area contributed by atoms with Crippen molar-refractivity contribution in [2.75, 3.05) is 54.9 Å². The van der Waals surface area contributed by atoms with Crippen LogP contribution in [0.3, 0.4) is 0 Å². The van der Waals surface area contributed by atoms with Crippen LogP contribution in [0.15, 0.2) is 42.7 Å². The van der Waals surface area contributed by atoms with Gasteiger partial charge >= 0.3 is 0 Å². The third-order valence-electron chi connectivity index (χ3n) is 6.84. The molecule has 0 bridgehead atoms. The van der Waals surface area contributed by atoms with Crippen LogP contribution in [0.25, 0.3) is 10.9 Å². The Morgan fingerprint density at radius 3 is 2.60 bits per heavy atom. The molecule has 0 spiro atoms. The van der Waals surface area contributed by atoms with Crippen molar-refractivity contribution in [3.63, 3.8) is 0 Å². The van der Waals surface area contributed by atoms with Crippen molar-refractivity contribution >= 4 is 34.2 Å². The van der Waals surface area contributed by atoms with Gasteiger partial charge in [0.05, 0.1) is 23.6 Å². The Labute approximate surface area is 203 Å². The quantitative estimate of drug-likeness (QED) is 0.485. The van der Waals surface area contributed by atoms with Crippen molar-refractivity contribution in [3.05, 3.63) is 59.8 Å². The number of hydrogen-bond acceptors (Lipinski definition) is 8. The zero-order valence-corrected chi connectivity index (χ0v) is 19.9. The Balaban J connectivity index is 1.34. The predicted molar refractivity (Wildman–Crippen MR) is 135 cm³/mol. The van der Waals surface area contributed by atoms with Crippen LogP contribution in [0.2, 0.25) is 0 Å². The summed E-state index contributed by atoms with van der Waals surface area (Å²) < 4.78 is 16.1. The lowest BCUT2D eigenvalue weighted by Gasteiger charge is -2.34. The maximum Gasteiger partial charge on any atom is 0.227 e. The average Bonchev–Trinajstić information content (AvgIpc) is 3.27. The van der Waals surface area contributed by atoms with Crippen LogP contribution in [0.4, 0.5) is 27.7 Å². The molecule has 9 nitrogen and oxygen atoms in total. The summed E-state index contributed by atoms with van der Waals surface area (Å²) in [6.07, 6.45) is 4.42. The zero-order valence-electron chi connectivity index (χ0n) is 19.9. The highest BCUT2D eigenvalue weighted by atomic mass is 19.1. The molecule has 1 aromatic carbocycles. The molecule has 1 saturated heterocycles. The molecule has 0 aliphatic carbocycles. The van der Waals surface area contributed by atoms with Crippen LogP contribution < -0.4 is 15.1 Å². The zero-order chi connectivity index (χ0) is 23.9. The van der Waals surface area contributed by atoms with E-state index in [1.807, 2.05) is 19.3 Å². The van der Waals surface area contributed by atoms with Crippen molar-refractivity contribution in [3.8, 4) is 0 Å². The van der Waals surface area contributed by atoms with Crippen LogP contribution in [0.1, 0.15) is 11.3 Å². The number of fused-ring (bicyclic) bond motifs is 2. The highest BCUT2D eigenvalue weighted by molar-refractivity contribution is 5.90. The number of piperazine rings is 1. The van der Waals surface area contributed by atoms with Crippen molar-refractivity contribution in [1.82, 2.24) is 29.6 Å². The third-order valence-corrected chi connectivity index (χ3v) is 6.84. The normalized spacial score (nSPS) is 16.5. The summed E-state index contributed by atoms with van der Waals surface area (Å²) in [7, 11) is 4.02. The molecule has 3 aromatic heterocycles. The number of anilines is 4. The predicted octanol–water partition coefficient (Wildman–Crippen LogP) is 2.96.